The van der Waals surface area contributed by atoms with Gasteiger partial charge in [-0.3, -0.25) is 4.79 Å². The van der Waals surface area contributed by atoms with Gasteiger partial charge in [-0.2, -0.15) is 0 Å². The molecule has 0 aliphatic carbocycles. The van der Waals surface area contributed by atoms with Gasteiger partial charge >= 0.3 is 0 Å². The molecule has 0 aliphatic heterocycles. The number of fused-ring (bicyclic) bond motifs is 3. The van der Waals surface area contributed by atoms with Crippen LogP contribution in [-0.2, 0) is 0 Å². The van der Waals surface area contributed by atoms with Gasteiger partial charge in [-0.1, -0.05) is 61.6 Å². The topological polar surface area (TPSA) is 62.1 Å². The van der Waals surface area contributed by atoms with E-state index in [0.29, 0.717) is 46.7 Å². The second kappa shape index (κ2) is 11.7. The van der Waals surface area contributed by atoms with Crippen LogP contribution in [0.15, 0.2) is 71.5 Å². The molecule has 38 heavy (non-hydrogen) atoms. The average molecular weight is 529 g/mol. The molecule has 0 saturated heterocycles. The highest BCUT2D eigenvalue weighted by molar-refractivity contribution is 7.15. The lowest BCUT2D eigenvalue weighted by Crippen LogP contribution is -2.22. The van der Waals surface area contributed by atoms with Gasteiger partial charge in [-0.15, -0.1) is 0 Å². The van der Waals surface area contributed by atoms with E-state index >= 15 is 0 Å². The van der Waals surface area contributed by atoms with Crippen LogP contribution in [0.3, 0.4) is 0 Å². The van der Waals surface area contributed by atoms with Gasteiger partial charge in [0.2, 0.25) is 0 Å². The fourth-order valence-electron chi connectivity index (χ4n) is 4.43. The molecule has 6 nitrogen and oxygen atoms in total. The number of thiazole rings is 1. The summed E-state index contributed by atoms with van der Waals surface area (Å²) in [6, 6.07) is 21.7. The lowest BCUT2D eigenvalue weighted by Gasteiger charge is -2.16. The van der Waals surface area contributed by atoms with Crippen molar-refractivity contribution in [3.05, 3.63) is 92.7 Å². The van der Waals surface area contributed by atoms with Crippen LogP contribution in [0, 0.1) is 0 Å². The van der Waals surface area contributed by atoms with Crippen molar-refractivity contribution in [2.45, 2.75) is 39.5 Å². The van der Waals surface area contributed by atoms with Crippen molar-refractivity contribution in [2.75, 3.05) is 19.8 Å². The van der Waals surface area contributed by atoms with Gasteiger partial charge in [0.05, 0.1) is 35.4 Å². The van der Waals surface area contributed by atoms with Crippen molar-refractivity contribution in [2.24, 2.45) is 0 Å². The van der Waals surface area contributed by atoms with E-state index in [1.54, 1.807) is 4.40 Å². The highest BCUT2D eigenvalue weighted by Crippen LogP contribution is 2.30. The van der Waals surface area contributed by atoms with E-state index in [1.165, 1.54) is 16.9 Å². The van der Waals surface area contributed by atoms with Crippen LogP contribution >= 0.6 is 11.3 Å². The largest absolute Gasteiger partial charge is 0.493 e. The lowest BCUT2D eigenvalue weighted by atomic mass is 9.98. The van der Waals surface area contributed by atoms with E-state index in [0.717, 1.165) is 35.2 Å². The maximum Gasteiger partial charge on any atom is 0.274 e. The summed E-state index contributed by atoms with van der Waals surface area (Å²) >= 11 is 1.39. The third kappa shape index (κ3) is 5.38. The third-order valence-electron chi connectivity index (χ3n) is 6.58. The van der Waals surface area contributed by atoms with E-state index in [4.69, 9.17) is 14.2 Å². The summed E-state index contributed by atoms with van der Waals surface area (Å²) < 4.78 is 20.3. The second-order valence-electron chi connectivity index (χ2n) is 9.17. The summed E-state index contributed by atoms with van der Waals surface area (Å²) in [6.07, 6.45) is 3.70. The summed E-state index contributed by atoms with van der Waals surface area (Å²) in [5.74, 6) is 2.74. The molecule has 0 bridgehead atoms. The minimum atomic E-state index is -0.0631. The standard InChI is InChI=1S/C31H32N2O4S/c1-4-21(3)23-11-6-9-14-26(23)36-17-10-18-37-27-16-15-22(19-28(27)35-5-2)20-29-30(34)33-25-13-8-7-12-24(25)32-31(33)38-29/h6-9,11-16,19-21H,4-5,10,17-18H2,1-3H3/b29-20-/t21-/m1/s1. The zero-order valence-electron chi connectivity index (χ0n) is 22.0. The molecule has 196 valence electrons. The maximum atomic E-state index is 13.1. The van der Waals surface area contributed by atoms with Crippen molar-refractivity contribution in [3.8, 4) is 17.2 Å². The van der Waals surface area contributed by atoms with E-state index in [2.05, 4.69) is 31.0 Å². The minimum absolute atomic E-state index is 0.0631. The number of ether oxygens (including phenoxy) is 3. The summed E-state index contributed by atoms with van der Waals surface area (Å²) in [7, 11) is 0. The van der Waals surface area contributed by atoms with Crippen molar-refractivity contribution >= 4 is 33.4 Å². The Labute approximate surface area is 226 Å². The fraction of sp³-hybridized carbons (Fsp3) is 0.290. The molecule has 5 rings (SSSR count). The van der Waals surface area contributed by atoms with E-state index in [-0.39, 0.29) is 5.56 Å². The van der Waals surface area contributed by atoms with Crippen molar-refractivity contribution < 1.29 is 14.2 Å². The molecule has 5 aromatic rings. The molecule has 2 heterocycles. The second-order valence-corrected chi connectivity index (χ2v) is 10.2. The Kier molecular flexibility index (Phi) is 7.94. The van der Waals surface area contributed by atoms with Gasteiger partial charge in [-0.25, -0.2) is 9.38 Å². The Bertz CT molecular complexity index is 1660. The predicted octanol–water partition coefficient (Wildman–Crippen LogP) is 6.22. The molecule has 0 N–H and O–H groups in total. The fourth-order valence-corrected chi connectivity index (χ4v) is 5.41. The van der Waals surface area contributed by atoms with Crippen LogP contribution in [0.1, 0.15) is 50.7 Å². The number of benzene rings is 3. The Morgan fingerprint density at radius 2 is 1.68 bits per heavy atom. The van der Waals surface area contributed by atoms with Crippen LogP contribution in [0.5, 0.6) is 17.2 Å². The number of hydrogen-bond donors (Lipinski definition) is 0. The zero-order chi connectivity index (χ0) is 26.5. The Morgan fingerprint density at radius 1 is 0.921 bits per heavy atom. The quantitative estimate of drug-likeness (QED) is 0.191. The Hall–Kier alpha value is -3.84. The van der Waals surface area contributed by atoms with Crippen molar-refractivity contribution in [1.82, 2.24) is 9.38 Å². The zero-order valence-corrected chi connectivity index (χ0v) is 22.8. The van der Waals surface area contributed by atoms with Crippen LogP contribution in [0.2, 0.25) is 0 Å². The van der Waals surface area contributed by atoms with Gasteiger partial charge in [-0.05, 0) is 66.8 Å². The van der Waals surface area contributed by atoms with Gasteiger partial charge in [0.1, 0.15) is 5.75 Å². The normalized spacial score (nSPS) is 12.8. The molecule has 3 aromatic carbocycles. The number of aromatic nitrogens is 2. The molecular formula is C31H32N2O4S. The molecule has 0 spiro atoms. The van der Waals surface area contributed by atoms with Crippen LogP contribution in [0.4, 0.5) is 0 Å². The molecule has 1 atom stereocenters. The SMILES string of the molecule is CCOc1cc(/C=c2\sc3nc4ccccc4n3c2=O)ccc1OCCCOc1ccccc1[C@H](C)CC. The van der Waals surface area contributed by atoms with Crippen molar-refractivity contribution in [1.29, 1.82) is 0 Å². The van der Waals surface area contributed by atoms with Crippen molar-refractivity contribution in [3.63, 3.8) is 0 Å². The molecule has 0 amide bonds. The summed E-state index contributed by atoms with van der Waals surface area (Å²) in [5, 5.41) is 0. The molecule has 2 aromatic heterocycles. The Balaban J connectivity index is 1.27. The summed E-state index contributed by atoms with van der Waals surface area (Å²) in [4.78, 5) is 18.4. The molecular weight excluding hydrogens is 496 g/mol. The summed E-state index contributed by atoms with van der Waals surface area (Å²) in [6.45, 7) is 7.95. The minimum Gasteiger partial charge on any atom is -0.493 e. The van der Waals surface area contributed by atoms with Gasteiger partial charge in [0.25, 0.3) is 5.56 Å². The number of para-hydroxylation sites is 3. The third-order valence-corrected chi connectivity index (χ3v) is 7.55. The molecule has 0 aliphatic rings. The molecule has 0 fully saturated rings. The van der Waals surface area contributed by atoms with Crippen LogP contribution in [-0.4, -0.2) is 29.2 Å². The number of imidazole rings is 1. The van der Waals surface area contributed by atoms with Gasteiger partial charge in [0, 0.05) is 6.42 Å². The van der Waals surface area contributed by atoms with Gasteiger partial charge < -0.3 is 14.2 Å². The average Bonchev–Trinajstić information content (AvgIpc) is 3.45. The number of nitrogens with zero attached hydrogens (tertiary/aromatic N) is 2. The molecule has 0 unspecified atom stereocenters. The van der Waals surface area contributed by atoms with Gasteiger partial charge in [0.15, 0.2) is 16.5 Å². The van der Waals surface area contributed by atoms with Crippen LogP contribution in [0.25, 0.3) is 22.1 Å². The van der Waals surface area contributed by atoms with E-state index in [1.807, 2.05) is 67.6 Å². The molecule has 0 radical (unpaired) electrons. The first-order valence-corrected chi connectivity index (χ1v) is 13.9. The monoisotopic (exact) mass is 528 g/mol. The first kappa shape index (κ1) is 25.8. The predicted molar refractivity (Wildman–Crippen MR) is 154 cm³/mol. The maximum absolute atomic E-state index is 13.1. The number of rotatable bonds is 11. The first-order valence-electron chi connectivity index (χ1n) is 13.1. The van der Waals surface area contributed by atoms with E-state index < -0.39 is 0 Å². The summed E-state index contributed by atoms with van der Waals surface area (Å²) in [5.41, 5.74) is 3.71. The lowest BCUT2D eigenvalue weighted by molar-refractivity contribution is 0.234. The molecule has 7 heteroatoms. The van der Waals surface area contributed by atoms with E-state index in [9.17, 15) is 4.79 Å². The number of hydrogen-bond acceptors (Lipinski definition) is 6. The van der Waals surface area contributed by atoms with Crippen LogP contribution < -0.4 is 24.3 Å². The molecule has 0 saturated carbocycles. The Morgan fingerprint density at radius 3 is 2.50 bits per heavy atom. The first-order chi connectivity index (χ1) is 18.6. The highest BCUT2D eigenvalue weighted by Gasteiger charge is 2.12. The highest BCUT2D eigenvalue weighted by atomic mass is 32.1. The smallest absolute Gasteiger partial charge is 0.274 e.